The number of nitrogens with one attached hydrogen (secondary N) is 1. The maximum Gasteiger partial charge on any atom is 0.257 e. The Kier molecular flexibility index (Phi) is 6.15. The molecular weight excluding hydrogens is 400 g/mol. The lowest BCUT2D eigenvalue weighted by Gasteiger charge is -2.17. The number of nitrogens with zero attached hydrogens (tertiary/aromatic N) is 1. The summed E-state index contributed by atoms with van der Waals surface area (Å²) in [5, 5.41) is 2.96. The number of ether oxygens (including phenoxy) is 1. The smallest absolute Gasteiger partial charge is 0.257 e. The molecule has 0 heterocycles. The van der Waals surface area contributed by atoms with Crippen LogP contribution < -0.4 is 14.4 Å². The first-order valence-electron chi connectivity index (χ1n) is 9.05. The first-order chi connectivity index (χ1) is 13.2. The van der Waals surface area contributed by atoms with Gasteiger partial charge in [-0.25, -0.2) is 8.42 Å². The third-order valence-corrected chi connectivity index (χ3v) is 6.29. The van der Waals surface area contributed by atoms with Crippen molar-refractivity contribution in [3.63, 3.8) is 0 Å². The minimum atomic E-state index is -3.40. The van der Waals surface area contributed by atoms with Crippen molar-refractivity contribution in [1.82, 2.24) is 0 Å². The minimum Gasteiger partial charge on any atom is -0.490 e. The van der Waals surface area contributed by atoms with Gasteiger partial charge in [-0.05, 0) is 68.1 Å². The van der Waals surface area contributed by atoms with E-state index < -0.39 is 10.0 Å². The Hall–Kier alpha value is -2.25. The van der Waals surface area contributed by atoms with Gasteiger partial charge in [0, 0.05) is 12.7 Å². The number of sulfonamides is 1. The zero-order chi connectivity index (χ0) is 20.3. The standard InChI is InChI=1S/C20H23ClN2O4S/c1-23(28(2,25)26)15-9-12-18(19(21)13-15)20(24)22-14-7-10-17(11-8-14)27-16-5-3-4-6-16/h7-13,16H,3-6H2,1-2H3,(H,22,24). The Bertz CT molecular complexity index is 955. The first-order valence-corrected chi connectivity index (χ1v) is 11.3. The molecule has 1 N–H and O–H groups in total. The van der Waals surface area contributed by atoms with Crippen molar-refractivity contribution in [2.24, 2.45) is 0 Å². The van der Waals surface area contributed by atoms with Crippen LogP contribution in [0.3, 0.4) is 0 Å². The lowest BCUT2D eigenvalue weighted by atomic mass is 10.2. The Morgan fingerprint density at radius 3 is 2.36 bits per heavy atom. The van der Waals surface area contributed by atoms with E-state index in [4.69, 9.17) is 16.3 Å². The largest absolute Gasteiger partial charge is 0.490 e. The number of hydrogen-bond donors (Lipinski definition) is 1. The van der Waals surface area contributed by atoms with Crippen LogP contribution >= 0.6 is 11.6 Å². The molecule has 0 spiro atoms. The molecule has 0 atom stereocenters. The number of anilines is 2. The SMILES string of the molecule is CN(c1ccc(C(=O)Nc2ccc(OC3CCCC3)cc2)c(Cl)c1)S(C)(=O)=O. The van der Waals surface area contributed by atoms with Gasteiger partial charge in [0.1, 0.15) is 5.75 Å². The molecule has 0 bridgehead atoms. The zero-order valence-corrected chi connectivity index (χ0v) is 17.4. The van der Waals surface area contributed by atoms with Crippen LogP contribution in [-0.2, 0) is 10.0 Å². The summed E-state index contributed by atoms with van der Waals surface area (Å²) in [6, 6.07) is 11.7. The van der Waals surface area contributed by atoms with E-state index in [1.165, 1.54) is 32.0 Å². The van der Waals surface area contributed by atoms with Crippen molar-refractivity contribution < 1.29 is 17.9 Å². The van der Waals surface area contributed by atoms with Crippen molar-refractivity contribution in [2.75, 3.05) is 22.9 Å². The molecule has 1 aliphatic carbocycles. The molecule has 8 heteroatoms. The van der Waals surface area contributed by atoms with E-state index in [1.807, 2.05) is 12.1 Å². The van der Waals surface area contributed by atoms with Crippen molar-refractivity contribution in [3.8, 4) is 5.75 Å². The number of rotatable bonds is 6. The Morgan fingerprint density at radius 2 is 1.79 bits per heavy atom. The molecule has 2 aromatic carbocycles. The molecule has 1 amide bonds. The van der Waals surface area contributed by atoms with Gasteiger partial charge in [-0.15, -0.1) is 0 Å². The third kappa shape index (κ3) is 4.97. The topological polar surface area (TPSA) is 75.7 Å². The summed E-state index contributed by atoms with van der Waals surface area (Å²) in [5.74, 6) is 0.416. The van der Waals surface area contributed by atoms with Crippen LogP contribution in [0.2, 0.25) is 5.02 Å². The molecule has 0 aromatic heterocycles. The van der Waals surface area contributed by atoms with Crippen molar-refractivity contribution in [1.29, 1.82) is 0 Å². The molecule has 0 aliphatic heterocycles. The van der Waals surface area contributed by atoms with Gasteiger partial charge in [-0.3, -0.25) is 9.10 Å². The second-order valence-electron chi connectivity index (χ2n) is 6.90. The van der Waals surface area contributed by atoms with Crippen LogP contribution in [0, 0.1) is 0 Å². The van der Waals surface area contributed by atoms with Crippen molar-refractivity contribution in [2.45, 2.75) is 31.8 Å². The summed E-state index contributed by atoms with van der Waals surface area (Å²) in [4.78, 5) is 12.5. The number of hydrogen-bond acceptors (Lipinski definition) is 4. The summed E-state index contributed by atoms with van der Waals surface area (Å²) in [6.07, 6.45) is 5.96. The van der Waals surface area contributed by atoms with Crippen LogP contribution in [-0.4, -0.2) is 33.7 Å². The molecule has 6 nitrogen and oxygen atoms in total. The summed E-state index contributed by atoms with van der Waals surface area (Å²) in [7, 11) is -1.98. The summed E-state index contributed by atoms with van der Waals surface area (Å²) < 4.78 is 30.3. The maximum absolute atomic E-state index is 12.5. The summed E-state index contributed by atoms with van der Waals surface area (Å²) >= 11 is 6.20. The fourth-order valence-electron chi connectivity index (χ4n) is 3.09. The van der Waals surface area contributed by atoms with Gasteiger partial charge in [0.25, 0.3) is 5.91 Å². The number of amides is 1. The van der Waals surface area contributed by atoms with Gasteiger partial charge in [0.05, 0.1) is 28.6 Å². The fourth-order valence-corrected chi connectivity index (χ4v) is 3.85. The predicted molar refractivity (Wildman–Crippen MR) is 112 cm³/mol. The minimum absolute atomic E-state index is 0.173. The monoisotopic (exact) mass is 422 g/mol. The highest BCUT2D eigenvalue weighted by Crippen LogP contribution is 2.27. The fraction of sp³-hybridized carbons (Fsp3) is 0.350. The van der Waals surface area contributed by atoms with Gasteiger partial charge < -0.3 is 10.1 Å². The third-order valence-electron chi connectivity index (χ3n) is 4.78. The van der Waals surface area contributed by atoms with E-state index in [1.54, 1.807) is 18.2 Å². The van der Waals surface area contributed by atoms with Crippen LogP contribution in [0.4, 0.5) is 11.4 Å². The van der Waals surface area contributed by atoms with E-state index >= 15 is 0 Å². The first kappa shape index (κ1) is 20.5. The molecule has 150 valence electrons. The van der Waals surface area contributed by atoms with E-state index in [-0.39, 0.29) is 22.6 Å². The second kappa shape index (κ2) is 8.41. The van der Waals surface area contributed by atoms with Crippen molar-refractivity contribution in [3.05, 3.63) is 53.1 Å². The number of carbonyl (C=O) groups excluding carboxylic acids is 1. The average molecular weight is 423 g/mol. The quantitative estimate of drug-likeness (QED) is 0.752. The number of carbonyl (C=O) groups is 1. The molecule has 1 fully saturated rings. The molecule has 1 saturated carbocycles. The highest BCUT2D eigenvalue weighted by atomic mass is 35.5. The molecule has 1 aliphatic rings. The maximum atomic E-state index is 12.5. The Morgan fingerprint density at radius 1 is 1.14 bits per heavy atom. The highest BCUT2D eigenvalue weighted by molar-refractivity contribution is 7.92. The molecule has 0 unspecified atom stereocenters. The Labute approximate surface area is 170 Å². The number of halogens is 1. The van der Waals surface area contributed by atoms with E-state index in [0.717, 1.165) is 29.2 Å². The molecule has 28 heavy (non-hydrogen) atoms. The van der Waals surface area contributed by atoms with E-state index in [0.29, 0.717) is 11.4 Å². The molecule has 3 rings (SSSR count). The van der Waals surface area contributed by atoms with Crippen LogP contribution in [0.25, 0.3) is 0 Å². The highest BCUT2D eigenvalue weighted by Gasteiger charge is 2.18. The van der Waals surface area contributed by atoms with Crippen LogP contribution in [0.1, 0.15) is 36.0 Å². The van der Waals surface area contributed by atoms with E-state index in [2.05, 4.69) is 5.32 Å². The number of benzene rings is 2. The predicted octanol–water partition coefficient (Wildman–Crippen LogP) is 4.31. The van der Waals surface area contributed by atoms with E-state index in [9.17, 15) is 13.2 Å². The molecular formula is C20H23ClN2O4S. The van der Waals surface area contributed by atoms with Gasteiger partial charge in [-0.1, -0.05) is 11.6 Å². The van der Waals surface area contributed by atoms with Gasteiger partial charge >= 0.3 is 0 Å². The zero-order valence-electron chi connectivity index (χ0n) is 15.8. The molecule has 0 saturated heterocycles. The van der Waals surface area contributed by atoms with Gasteiger partial charge in [-0.2, -0.15) is 0 Å². The van der Waals surface area contributed by atoms with Crippen LogP contribution in [0.5, 0.6) is 5.75 Å². The summed E-state index contributed by atoms with van der Waals surface area (Å²) in [6.45, 7) is 0. The van der Waals surface area contributed by atoms with Crippen LogP contribution in [0.15, 0.2) is 42.5 Å². The molecule has 0 radical (unpaired) electrons. The lowest BCUT2D eigenvalue weighted by Crippen LogP contribution is -2.25. The molecule has 2 aromatic rings. The lowest BCUT2D eigenvalue weighted by molar-refractivity contribution is 0.102. The normalized spacial score (nSPS) is 14.7. The van der Waals surface area contributed by atoms with Gasteiger partial charge in [0.2, 0.25) is 10.0 Å². The summed E-state index contributed by atoms with van der Waals surface area (Å²) in [5.41, 5.74) is 1.27. The van der Waals surface area contributed by atoms with Gasteiger partial charge in [0.15, 0.2) is 0 Å². The van der Waals surface area contributed by atoms with Crippen molar-refractivity contribution >= 4 is 38.9 Å². The Balaban J connectivity index is 1.67. The second-order valence-corrected chi connectivity index (χ2v) is 9.32. The average Bonchev–Trinajstić information content (AvgIpc) is 3.14.